The summed E-state index contributed by atoms with van der Waals surface area (Å²) in [7, 11) is 0. The molecular formula is C21H20N2O3S. The molecule has 6 heteroatoms. The van der Waals surface area contributed by atoms with Crippen LogP contribution < -0.4 is 14.4 Å². The minimum atomic E-state index is -0.0686. The molecule has 0 bridgehead atoms. The second kappa shape index (κ2) is 7.12. The maximum absolute atomic E-state index is 13.1. The van der Waals surface area contributed by atoms with Crippen molar-refractivity contribution in [1.29, 1.82) is 0 Å². The van der Waals surface area contributed by atoms with E-state index in [1.165, 1.54) is 11.8 Å². The fourth-order valence-electron chi connectivity index (χ4n) is 2.86. The van der Waals surface area contributed by atoms with Crippen molar-refractivity contribution in [2.75, 3.05) is 11.7 Å². The Balaban J connectivity index is 1.70. The molecule has 0 unspecified atom stereocenters. The molecule has 0 radical (unpaired) electrons. The number of carbonyl (C=O) groups is 1. The van der Waals surface area contributed by atoms with Crippen LogP contribution in [0.5, 0.6) is 11.5 Å². The molecule has 0 atom stereocenters. The van der Waals surface area contributed by atoms with E-state index in [4.69, 9.17) is 9.47 Å². The number of amidine groups is 1. The van der Waals surface area contributed by atoms with Gasteiger partial charge in [-0.3, -0.25) is 14.7 Å². The van der Waals surface area contributed by atoms with Gasteiger partial charge in [-0.25, -0.2) is 0 Å². The lowest BCUT2D eigenvalue weighted by molar-refractivity contribution is -0.113. The predicted octanol–water partition coefficient (Wildman–Crippen LogP) is 4.61. The average Bonchev–Trinajstić information content (AvgIpc) is 3.20. The summed E-state index contributed by atoms with van der Waals surface area (Å²) in [6.45, 7) is 6.27. The first-order valence-corrected chi connectivity index (χ1v) is 9.61. The van der Waals surface area contributed by atoms with Crippen LogP contribution in [0.1, 0.15) is 25.0 Å². The van der Waals surface area contributed by atoms with E-state index in [0.29, 0.717) is 15.8 Å². The Morgan fingerprint density at radius 3 is 2.59 bits per heavy atom. The minimum Gasteiger partial charge on any atom is -0.454 e. The number of rotatable bonds is 3. The van der Waals surface area contributed by atoms with Crippen molar-refractivity contribution < 1.29 is 14.3 Å². The van der Waals surface area contributed by atoms with Gasteiger partial charge in [0.25, 0.3) is 5.91 Å². The highest BCUT2D eigenvalue weighted by Gasteiger charge is 2.34. The van der Waals surface area contributed by atoms with E-state index in [-0.39, 0.29) is 18.7 Å². The molecule has 2 aromatic rings. The zero-order valence-corrected chi connectivity index (χ0v) is 16.2. The van der Waals surface area contributed by atoms with Gasteiger partial charge < -0.3 is 9.47 Å². The second-order valence-electron chi connectivity index (χ2n) is 6.70. The largest absolute Gasteiger partial charge is 0.454 e. The standard InChI is InChI=1S/C21H20N2O3S/c1-13(2)22-21-23(16-7-4-14(3)5-8-16)20(24)19(27-21)11-15-6-9-17-18(10-15)26-12-25-17/h4-11,13H,12H2,1-3H3/b19-11-,22-21-. The number of thioether (sulfide) groups is 1. The number of carbonyl (C=O) groups excluding carboxylic acids is 1. The van der Waals surface area contributed by atoms with Crippen LogP contribution in [-0.2, 0) is 4.79 Å². The zero-order valence-electron chi connectivity index (χ0n) is 15.4. The minimum absolute atomic E-state index is 0.0686. The molecule has 2 aliphatic heterocycles. The van der Waals surface area contributed by atoms with Gasteiger partial charge in [0.1, 0.15) is 0 Å². The average molecular weight is 380 g/mol. The lowest BCUT2D eigenvalue weighted by Crippen LogP contribution is -2.29. The number of hydrogen-bond donors (Lipinski definition) is 0. The van der Waals surface area contributed by atoms with Crippen LogP contribution >= 0.6 is 11.8 Å². The second-order valence-corrected chi connectivity index (χ2v) is 7.71. The van der Waals surface area contributed by atoms with Crippen LogP contribution in [0.2, 0.25) is 0 Å². The van der Waals surface area contributed by atoms with Gasteiger partial charge in [0.15, 0.2) is 16.7 Å². The maximum atomic E-state index is 13.1. The molecule has 138 valence electrons. The Hall–Kier alpha value is -2.73. The quantitative estimate of drug-likeness (QED) is 0.730. The molecule has 2 aromatic carbocycles. The van der Waals surface area contributed by atoms with Crippen molar-refractivity contribution in [1.82, 2.24) is 0 Å². The molecule has 4 rings (SSSR count). The predicted molar refractivity (Wildman–Crippen MR) is 109 cm³/mol. The number of fused-ring (bicyclic) bond motifs is 1. The highest BCUT2D eigenvalue weighted by molar-refractivity contribution is 8.19. The summed E-state index contributed by atoms with van der Waals surface area (Å²) in [5, 5.41) is 0.700. The number of benzene rings is 2. The topological polar surface area (TPSA) is 51.1 Å². The Labute approximate surface area is 162 Å². The van der Waals surface area contributed by atoms with Crippen LogP contribution in [0.3, 0.4) is 0 Å². The highest BCUT2D eigenvalue weighted by Crippen LogP contribution is 2.38. The Morgan fingerprint density at radius 1 is 1.11 bits per heavy atom. The first-order chi connectivity index (χ1) is 13.0. The number of aryl methyl sites for hydroxylation is 1. The van der Waals surface area contributed by atoms with E-state index < -0.39 is 0 Å². The van der Waals surface area contributed by atoms with Crippen molar-refractivity contribution in [2.45, 2.75) is 26.8 Å². The van der Waals surface area contributed by atoms with Gasteiger partial charge in [-0.2, -0.15) is 0 Å². The smallest absolute Gasteiger partial charge is 0.271 e. The Morgan fingerprint density at radius 2 is 1.85 bits per heavy atom. The summed E-state index contributed by atoms with van der Waals surface area (Å²) >= 11 is 1.40. The van der Waals surface area contributed by atoms with Crippen molar-refractivity contribution in [3.05, 3.63) is 58.5 Å². The summed E-state index contributed by atoms with van der Waals surface area (Å²) in [5.41, 5.74) is 2.87. The van der Waals surface area contributed by atoms with Crippen molar-refractivity contribution in [3.63, 3.8) is 0 Å². The van der Waals surface area contributed by atoms with Gasteiger partial charge in [-0.05, 0) is 68.4 Å². The number of hydrogen-bond acceptors (Lipinski definition) is 5. The third-order valence-corrected chi connectivity index (χ3v) is 5.14. The monoisotopic (exact) mass is 380 g/mol. The maximum Gasteiger partial charge on any atom is 0.271 e. The Kier molecular flexibility index (Phi) is 4.66. The van der Waals surface area contributed by atoms with Crippen LogP contribution in [0.4, 0.5) is 5.69 Å². The summed E-state index contributed by atoms with van der Waals surface area (Å²) in [5.74, 6) is 1.36. The van der Waals surface area contributed by atoms with E-state index >= 15 is 0 Å². The van der Waals surface area contributed by atoms with Crippen LogP contribution in [0.15, 0.2) is 52.4 Å². The fourth-order valence-corrected chi connectivity index (χ4v) is 3.97. The third kappa shape index (κ3) is 3.57. The molecule has 1 amide bonds. The van der Waals surface area contributed by atoms with Gasteiger partial charge in [0, 0.05) is 6.04 Å². The van der Waals surface area contributed by atoms with Crippen LogP contribution in [0.25, 0.3) is 6.08 Å². The molecule has 0 saturated carbocycles. The highest BCUT2D eigenvalue weighted by atomic mass is 32.2. The van der Waals surface area contributed by atoms with E-state index in [1.807, 2.05) is 69.3 Å². The molecule has 1 saturated heterocycles. The van der Waals surface area contributed by atoms with E-state index in [1.54, 1.807) is 4.90 Å². The fraction of sp³-hybridized carbons (Fsp3) is 0.238. The molecule has 27 heavy (non-hydrogen) atoms. The van der Waals surface area contributed by atoms with E-state index in [2.05, 4.69) is 4.99 Å². The number of nitrogens with zero attached hydrogens (tertiary/aromatic N) is 2. The van der Waals surface area contributed by atoms with Crippen molar-refractivity contribution in [3.8, 4) is 11.5 Å². The van der Waals surface area contributed by atoms with Crippen molar-refractivity contribution in [2.24, 2.45) is 4.99 Å². The van der Waals surface area contributed by atoms with E-state index in [9.17, 15) is 4.79 Å². The van der Waals surface area contributed by atoms with Gasteiger partial charge >= 0.3 is 0 Å². The molecule has 0 spiro atoms. The van der Waals surface area contributed by atoms with Gasteiger partial charge in [-0.15, -0.1) is 0 Å². The number of ether oxygens (including phenoxy) is 2. The lowest BCUT2D eigenvalue weighted by atomic mass is 10.2. The number of amides is 1. The number of aliphatic imine (C=N–C) groups is 1. The third-order valence-electron chi connectivity index (χ3n) is 4.16. The van der Waals surface area contributed by atoms with Crippen LogP contribution in [-0.4, -0.2) is 23.9 Å². The first-order valence-electron chi connectivity index (χ1n) is 8.79. The number of anilines is 1. The van der Waals surface area contributed by atoms with E-state index in [0.717, 1.165) is 22.6 Å². The normalized spacial score (nSPS) is 19.0. The summed E-state index contributed by atoms with van der Waals surface area (Å²) in [6.07, 6.45) is 1.87. The first kappa shape index (κ1) is 17.7. The summed E-state index contributed by atoms with van der Waals surface area (Å²) in [4.78, 5) is 20.1. The Bertz CT molecular complexity index is 948. The molecule has 5 nitrogen and oxygen atoms in total. The van der Waals surface area contributed by atoms with Crippen LogP contribution in [0, 0.1) is 6.92 Å². The summed E-state index contributed by atoms with van der Waals surface area (Å²) < 4.78 is 10.8. The van der Waals surface area contributed by atoms with Crippen molar-refractivity contribution >= 4 is 34.6 Å². The molecule has 0 N–H and O–H groups in total. The molecular weight excluding hydrogens is 360 g/mol. The van der Waals surface area contributed by atoms with Gasteiger partial charge in [0.2, 0.25) is 6.79 Å². The summed E-state index contributed by atoms with van der Waals surface area (Å²) in [6, 6.07) is 13.7. The molecule has 2 heterocycles. The molecule has 2 aliphatic rings. The molecule has 0 aliphatic carbocycles. The SMILES string of the molecule is Cc1ccc(N2C(=O)/C(=C/c3ccc4c(c3)OCO4)S/C2=N\C(C)C)cc1. The van der Waals surface area contributed by atoms with Gasteiger partial charge in [0.05, 0.1) is 10.6 Å². The zero-order chi connectivity index (χ0) is 19.0. The molecule has 0 aromatic heterocycles. The lowest BCUT2D eigenvalue weighted by Gasteiger charge is -2.16. The van der Waals surface area contributed by atoms with Gasteiger partial charge in [-0.1, -0.05) is 23.8 Å². The molecule has 1 fully saturated rings.